The van der Waals surface area contributed by atoms with Gasteiger partial charge >= 0.3 is 5.97 Å². The molecule has 1 rings (SSSR count). The molecule has 2 N–H and O–H groups in total. The maximum absolute atomic E-state index is 13.1. The molecule has 88 valence electrons. The molecule has 0 bridgehead atoms. The average molecular weight is 225 g/mol. The lowest BCUT2D eigenvalue weighted by Gasteiger charge is -2.26. The van der Waals surface area contributed by atoms with Crippen molar-refractivity contribution in [3.63, 3.8) is 0 Å². The molecule has 1 aromatic carbocycles. The van der Waals surface area contributed by atoms with Gasteiger partial charge in [0.15, 0.2) is 0 Å². The van der Waals surface area contributed by atoms with Crippen molar-refractivity contribution in [2.75, 3.05) is 6.61 Å². The van der Waals surface area contributed by atoms with E-state index in [9.17, 15) is 9.18 Å². The van der Waals surface area contributed by atoms with Crippen molar-refractivity contribution < 1.29 is 13.9 Å². The Morgan fingerprint density at radius 1 is 1.50 bits per heavy atom. The van der Waals surface area contributed by atoms with E-state index in [4.69, 9.17) is 10.5 Å². The molecular weight excluding hydrogens is 209 g/mol. The Morgan fingerprint density at radius 3 is 2.69 bits per heavy atom. The van der Waals surface area contributed by atoms with Crippen LogP contribution in [0.4, 0.5) is 4.39 Å². The number of halogens is 1. The minimum absolute atomic E-state index is 0.257. The van der Waals surface area contributed by atoms with Gasteiger partial charge in [-0.3, -0.25) is 0 Å². The largest absolute Gasteiger partial charge is 0.464 e. The van der Waals surface area contributed by atoms with Gasteiger partial charge in [0.05, 0.1) is 6.61 Å². The van der Waals surface area contributed by atoms with Crippen molar-refractivity contribution in [3.05, 3.63) is 35.6 Å². The third kappa shape index (κ3) is 2.39. The Hall–Kier alpha value is -1.42. The summed E-state index contributed by atoms with van der Waals surface area (Å²) in [6, 6.07) is 5.73. The van der Waals surface area contributed by atoms with Gasteiger partial charge < -0.3 is 10.5 Å². The van der Waals surface area contributed by atoms with E-state index in [-0.39, 0.29) is 6.61 Å². The maximum atomic E-state index is 13.1. The molecule has 0 aromatic heterocycles. The van der Waals surface area contributed by atoms with Gasteiger partial charge in [-0.05, 0) is 31.0 Å². The lowest BCUT2D eigenvalue weighted by atomic mass is 9.88. The third-order valence-electron chi connectivity index (χ3n) is 2.54. The summed E-state index contributed by atoms with van der Waals surface area (Å²) >= 11 is 0. The number of ether oxygens (including phenoxy) is 1. The van der Waals surface area contributed by atoms with E-state index >= 15 is 0 Å². The van der Waals surface area contributed by atoms with Gasteiger partial charge in [0.2, 0.25) is 0 Å². The summed E-state index contributed by atoms with van der Waals surface area (Å²) in [6.07, 6.45) is 0.356. The number of hydrogen-bond acceptors (Lipinski definition) is 3. The second-order valence-electron chi connectivity index (χ2n) is 3.56. The summed E-state index contributed by atoms with van der Waals surface area (Å²) in [5, 5.41) is 0. The highest BCUT2D eigenvalue weighted by atomic mass is 19.1. The predicted molar refractivity (Wildman–Crippen MR) is 59.2 cm³/mol. The first kappa shape index (κ1) is 12.6. The summed E-state index contributed by atoms with van der Waals surface area (Å²) in [5.74, 6) is -0.937. The van der Waals surface area contributed by atoms with Gasteiger partial charge in [-0.2, -0.15) is 0 Å². The molecule has 0 aliphatic heterocycles. The molecule has 0 fully saturated rings. The first-order chi connectivity index (χ1) is 7.54. The van der Waals surface area contributed by atoms with E-state index < -0.39 is 17.3 Å². The van der Waals surface area contributed by atoms with Gasteiger partial charge in [-0.15, -0.1) is 0 Å². The Morgan fingerprint density at radius 2 is 2.19 bits per heavy atom. The monoisotopic (exact) mass is 225 g/mol. The molecule has 1 unspecified atom stereocenters. The van der Waals surface area contributed by atoms with Gasteiger partial charge in [-0.25, -0.2) is 9.18 Å². The number of nitrogens with two attached hydrogens (primary N) is 1. The van der Waals surface area contributed by atoms with Crippen LogP contribution in [0.2, 0.25) is 0 Å². The number of rotatable bonds is 4. The molecule has 0 heterocycles. The van der Waals surface area contributed by atoms with Crippen LogP contribution in [0.3, 0.4) is 0 Å². The van der Waals surface area contributed by atoms with Gasteiger partial charge in [0.1, 0.15) is 11.4 Å². The quantitative estimate of drug-likeness (QED) is 0.797. The summed E-state index contributed by atoms with van der Waals surface area (Å²) in [5.41, 5.74) is 5.15. The molecule has 4 heteroatoms. The molecule has 0 saturated carbocycles. The summed E-state index contributed by atoms with van der Waals surface area (Å²) in [6.45, 7) is 3.73. The lowest BCUT2D eigenvalue weighted by molar-refractivity contribution is -0.150. The number of carbonyl (C=O) groups excluding carboxylic acids is 1. The van der Waals surface area contributed by atoms with E-state index in [1.165, 1.54) is 18.2 Å². The Balaban J connectivity index is 3.09. The zero-order chi connectivity index (χ0) is 12.2. The fourth-order valence-corrected chi connectivity index (χ4v) is 1.49. The number of benzene rings is 1. The minimum Gasteiger partial charge on any atom is -0.464 e. The van der Waals surface area contributed by atoms with Crippen molar-refractivity contribution in [1.29, 1.82) is 0 Å². The first-order valence-corrected chi connectivity index (χ1v) is 5.26. The Kier molecular flexibility index (Phi) is 4.01. The van der Waals surface area contributed by atoms with Crippen LogP contribution in [0.25, 0.3) is 0 Å². The van der Waals surface area contributed by atoms with E-state index in [2.05, 4.69) is 0 Å². The van der Waals surface area contributed by atoms with Crippen LogP contribution in [0, 0.1) is 5.82 Å². The number of hydrogen-bond donors (Lipinski definition) is 1. The highest BCUT2D eigenvalue weighted by molar-refractivity contribution is 5.82. The molecule has 0 amide bonds. The van der Waals surface area contributed by atoms with Crippen LogP contribution in [0.5, 0.6) is 0 Å². The highest BCUT2D eigenvalue weighted by Crippen LogP contribution is 2.24. The fourth-order valence-electron chi connectivity index (χ4n) is 1.49. The molecule has 0 radical (unpaired) electrons. The van der Waals surface area contributed by atoms with Crippen LogP contribution in [0.15, 0.2) is 24.3 Å². The summed E-state index contributed by atoms with van der Waals surface area (Å²) in [7, 11) is 0. The van der Waals surface area contributed by atoms with Gasteiger partial charge in [0, 0.05) is 0 Å². The Labute approximate surface area is 94.4 Å². The van der Waals surface area contributed by atoms with Crippen LogP contribution in [0.1, 0.15) is 25.8 Å². The summed E-state index contributed by atoms with van der Waals surface area (Å²) < 4.78 is 18.0. The zero-order valence-electron chi connectivity index (χ0n) is 9.50. The third-order valence-corrected chi connectivity index (χ3v) is 2.54. The van der Waals surface area contributed by atoms with Crippen LogP contribution >= 0.6 is 0 Å². The molecule has 3 nitrogen and oxygen atoms in total. The molecule has 16 heavy (non-hydrogen) atoms. The fraction of sp³-hybridized carbons (Fsp3) is 0.417. The minimum atomic E-state index is -1.27. The normalized spacial score (nSPS) is 14.2. The molecule has 0 aliphatic carbocycles. The van der Waals surface area contributed by atoms with E-state index in [1.807, 2.05) is 0 Å². The second kappa shape index (κ2) is 5.07. The Bertz CT molecular complexity index is 381. The van der Waals surface area contributed by atoms with E-state index in [0.717, 1.165) is 0 Å². The molecule has 1 aromatic rings. The van der Waals surface area contributed by atoms with Crippen LogP contribution in [-0.2, 0) is 15.1 Å². The average Bonchev–Trinajstić information content (AvgIpc) is 2.28. The van der Waals surface area contributed by atoms with Crippen LogP contribution < -0.4 is 5.73 Å². The smallest absolute Gasteiger partial charge is 0.330 e. The van der Waals surface area contributed by atoms with Crippen molar-refractivity contribution in [2.45, 2.75) is 25.8 Å². The van der Waals surface area contributed by atoms with Crippen molar-refractivity contribution in [2.24, 2.45) is 5.73 Å². The first-order valence-electron chi connectivity index (χ1n) is 5.26. The van der Waals surface area contributed by atoms with Crippen molar-refractivity contribution in [3.8, 4) is 0 Å². The maximum Gasteiger partial charge on any atom is 0.330 e. The van der Waals surface area contributed by atoms with Crippen LogP contribution in [-0.4, -0.2) is 12.6 Å². The summed E-state index contributed by atoms with van der Waals surface area (Å²) in [4.78, 5) is 11.7. The SMILES string of the molecule is CCOC(=O)C(N)(CC)c1cccc(F)c1. The topological polar surface area (TPSA) is 52.3 Å². The number of esters is 1. The molecule has 0 aliphatic rings. The lowest BCUT2D eigenvalue weighted by Crippen LogP contribution is -2.45. The second-order valence-corrected chi connectivity index (χ2v) is 3.56. The van der Waals surface area contributed by atoms with Crippen molar-refractivity contribution in [1.82, 2.24) is 0 Å². The van der Waals surface area contributed by atoms with Gasteiger partial charge in [-0.1, -0.05) is 19.1 Å². The molecule has 0 spiro atoms. The number of carbonyl (C=O) groups is 1. The zero-order valence-corrected chi connectivity index (χ0v) is 9.50. The van der Waals surface area contributed by atoms with E-state index in [0.29, 0.717) is 12.0 Å². The molecule has 1 atom stereocenters. The van der Waals surface area contributed by atoms with Gasteiger partial charge in [0.25, 0.3) is 0 Å². The predicted octanol–water partition coefficient (Wildman–Crippen LogP) is 1.95. The standard InChI is InChI=1S/C12H16FNO2/c1-3-12(14,11(15)16-4-2)9-6-5-7-10(13)8-9/h5-8H,3-4,14H2,1-2H3. The van der Waals surface area contributed by atoms with Crippen molar-refractivity contribution >= 4 is 5.97 Å². The molecular formula is C12H16FNO2. The molecule has 0 saturated heterocycles. The van der Waals surface area contributed by atoms with E-state index in [1.54, 1.807) is 19.9 Å². The highest BCUT2D eigenvalue weighted by Gasteiger charge is 2.35.